The Bertz CT molecular complexity index is 613. The first-order valence-electron chi connectivity index (χ1n) is 6.67. The molecule has 2 heterocycles. The highest BCUT2D eigenvalue weighted by atomic mass is 16.5. The lowest BCUT2D eigenvalue weighted by Crippen LogP contribution is -2.33. The number of esters is 1. The van der Waals surface area contributed by atoms with Gasteiger partial charge >= 0.3 is 5.97 Å². The second-order valence-corrected chi connectivity index (χ2v) is 5.46. The summed E-state index contributed by atoms with van der Waals surface area (Å²) in [6, 6.07) is 1.71. The molecule has 0 bridgehead atoms. The molecule has 0 aliphatic rings. The first-order chi connectivity index (χ1) is 9.40. The normalized spacial score (nSPS) is 11.8. The van der Waals surface area contributed by atoms with Gasteiger partial charge in [0.15, 0.2) is 5.69 Å². The van der Waals surface area contributed by atoms with Crippen LogP contribution in [0.25, 0.3) is 11.0 Å². The van der Waals surface area contributed by atoms with Crippen molar-refractivity contribution in [1.29, 1.82) is 0 Å². The van der Waals surface area contributed by atoms with E-state index in [9.17, 15) is 4.79 Å². The fourth-order valence-corrected chi connectivity index (χ4v) is 1.86. The Morgan fingerprint density at radius 1 is 1.45 bits per heavy atom. The van der Waals surface area contributed by atoms with Gasteiger partial charge in [-0.15, -0.1) is 0 Å². The minimum atomic E-state index is -0.415. The average Bonchev–Trinajstić information content (AvgIpc) is 2.78. The summed E-state index contributed by atoms with van der Waals surface area (Å²) in [5.74, 6) is -0.415. The van der Waals surface area contributed by atoms with Gasteiger partial charge in [-0.1, -0.05) is 0 Å². The molecule has 0 amide bonds. The number of rotatable bonds is 5. The van der Waals surface area contributed by atoms with Gasteiger partial charge in [0.25, 0.3) is 0 Å². The number of hydrogen-bond donors (Lipinski definition) is 1. The Balaban J connectivity index is 2.28. The summed E-state index contributed by atoms with van der Waals surface area (Å²) in [5, 5.41) is 0. The zero-order chi connectivity index (χ0) is 14.8. The molecule has 2 aromatic heterocycles. The molecule has 0 saturated carbocycles. The number of carbonyl (C=O) groups excluding carboxylic acids is 1. The molecule has 2 aromatic rings. The highest BCUT2D eigenvalue weighted by molar-refractivity contribution is 5.91. The van der Waals surface area contributed by atoms with Crippen molar-refractivity contribution < 1.29 is 9.53 Å². The number of nitrogens with two attached hydrogens (primary N) is 1. The summed E-state index contributed by atoms with van der Waals surface area (Å²) >= 11 is 0. The van der Waals surface area contributed by atoms with Crippen molar-refractivity contribution in [2.75, 3.05) is 6.61 Å². The Morgan fingerprint density at radius 3 is 2.85 bits per heavy atom. The number of pyridine rings is 1. The summed E-state index contributed by atoms with van der Waals surface area (Å²) in [4.78, 5) is 20.1. The smallest absolute Gasteiger partial charge is 0.356 e. The van der Waals surface area contributed by atoms with Crippen molar-refractivity contribution in [1.82, 2.24) is 14.5 Å². The fourth-order valence-electron chi connectivity index (χ4n) is 1.86. The van der Waals surface area contributed by atoms with Gasteiger partial charge in [-0.05, 0) is 33.3 Å². The highest BCUT2D eigenvalue weighted by Gasteiger charge is 2.14. The van der Waals surface area contributed by atoms with Gasteiger partial charge in [-0.2, -0.15) is 0 Å². The van der Waals surface area contributed by atoms with Crippen molar-refractivity contribution in [3.8, 4) is 0 Å². The molecule has 0 atom stereocenters. The van der Waals surface area contributed by atoms with Crippen LogP contribution < -0.4 is 5.73 Å². The molecule has 2 rings (SSSR count). The maximum Gasteiger partial charge on any atom is 0.356 e. The fraction of sp³-hybridized carbons (Fsp3) is 0.500. The topological polar surface area (TPSA) is 83.0 Å². The van der Waals surface area contributed by atoms with Crippen molar-refractivity contribution >= 4 is 17.0 Å². The van der Waals surface area contributed by atoms with E-state index in [1.807, 2.05) is 18.4 Å². The van der Waals surface area contributed by atoms with E-state index in [1.54, 1.807) is 25.5 Å². The van der Waals surface area contributed by atoms with E-state index in [2.05, 4.69) is 9.97 Å². The lowest BCUT2D eigenvalue weighted by molar-refractivity contribution is 0.0519. The van der Waals surface area contributed by atoms with Gasteiger partial charge in [0.05, 0.1) is 24.6 Å². The molecule has 108 valence electrons. The Morgan fingerprint density at radius 2 is 2.20 bits per heavy atom. The second-order valence-electron chi connectivity index (χ2n) is 5.46. The van der Waals surface area contributed by atoms with Crippen LogP contribution in [-0.4, -0.2) is 32.7 Å². The molecule has 0 spiro atoms. The maximum atomic E-state index is 11.7. The van der Waals surface area contributed by atoms with Crippen LogP contribution in [-0.2, 0) is 11.3 Å². The van der Waals surface area contributed by atoms with E-state index >= 15 is 0 Å². The van der Waals surface area contributed by atoms with Crippen LogP contribution in [0.4, 0.5) is 0 Å². The Hall–Kier alpha value is -1.95. The summed E-state index contributed by atoms with van der Waals surface area (Å²) in [7, 11) is 0. The predicted molar refractivity (Wildman–Crippen MR) is 76.4 cm³/mol. The molecule has 0 aromatic carbocycles. The van der Waals surface area contributed by atoms with E-state index in [4.69, 9.17) is 10.5 Å². The van der Waals surface area contributed by atoms with Crippen molar-refractivity contribution in [2.24, 2.45) is 5.73 Å². The van der Waals surface area contributed by atoms with Crippen LogP contribution in [0.2, 0.25) is 0 Å². The van der Waals surface area contributed by atoms with Crippen LogP contribution in [0.5, 0.6) is 0 Å². The third-order valence-corrected chi connectivity index (χ3v) is 2.99. The molecule has 0 saturated heterocycles. The minimum Gasteiger partial charge on any atom is -0.461 e. The molecule has 20 heavy (non-hydrogen) atoms. The summed E-state index contributed by atoms with van der Waals surface area (Å²) < 4.78 is 6.94. The quantitative estimate of drug-likeness (QED) is 0.841. The van der Waals surface area contributed by atoms with Crippen molar-refractivity contribution in [3.05, 3.63) is 24.3 Å². The van der Waals surface area contributed by atoms with E-state index in [-0.39, 0.29) is 5.54 Å². The van der Waals surface area contributed by atoms with Crippen LogP contribution in [0.3, 0.4) is 0 Å². The summed E-state index contributed by atoms with van der Waals surface area (Å²) in [5.41, 5.74) is 7.68. The monoisotopic (exact) mass is 276 g/mol. The third-order valence-electron chi connectivity index (χ3n) is 2.99. The lowest BCUT2D eigenvalue weighted by atomic mass is 10.0. The zero-order valence-electron chi connectivity index (χ0n) is 12.1. The minimum absolute atomic E-state index is 0.242. The molecule has 0 unspecified atom stereocenters. The van der Waals surface area contributed by atoms with Crippen LogP contribution in [0.15, 0.2) is 18.6 Å². The number of ether oxygens (including phenoxy) is 1. The van der Waals surface area contributed by atoms with Gasteiger partial charge < -0.3 is 15.0 Å². The molecule has 0 aliphatic carbocycles. The summed E-state index contributed by atoms with van der Waals surface area (Å²) in [6.07, 6.45) is 4.15. The zero-order valence-corrected chi connectivity index (χ0v) is 12.1. The number of nitrogens with zero attached hydrogens (tertiary/aromatic N) is 3. The van der Waals surface area contributed by atoms with Gasteiger partial charge in [0, 0.05) is 12.1 Å². The van der Waals surface area contributed by atoms with Crippen molar-refractivity contribution in [2.45, 2.75) is 39.3 Å². The van der Waals surface area contributed by atoms with Gasteiger partial charge in [-0.25, -0.2) is 14.8 Å². The molecular weight excluding hydrogens is 256 g/mol. The maximum absolute atomic E-state index is 11.7. The third kappa shape index (κ3) is 3.33. The number of fused-ring (bicyclic) bond motifs is 1. The van der Waals surface area contributed by atoms with Crippen molar-refractivity contribution in [3.63, 3.8) is 0 Å². The standard InChI is InChI=1S/C14H20N4O2/c1-4-20-13(19)10-7-12-11(8-16-10)17-9-18(12)6-5-14(2,3)15/h7-9H,4-6,15H2,1-3H3. The molecule has 0 radical (unpaired) electrons. The van der Waals surface area contributed by atoms with E-state index < -0.39 is 5.97 Å². The lowest BCUT2D eigenvalue weighted by Gasteiger charge is -2.18. The Labute approximate surface area is 118 Å². The highest BCUT2D eigenvalue weighted by Crippen LogP contribution is 2.16. The number of carbonyl (C=O) groups is 1. The largest absolute Gasteiger partial charge is 0.461 e. The number of imidazole rings is 1. The Kier molecular flexibility index (Phi) is 4.04. The number of aryl methyl sites for hydroxylation is 1. The number of hydrogen-bond acceptors (Lipinski definition) is 5. The first kappa shape index (κ1) is 14.5. The van der Waals surface area contributed by atoms with Gasteiger partial charge in [-0.3, -0.25) is 0 Å². The second kappa shape index (κ2) is 5.58. The molecule has 0 fully saturated rings. The average molecular weight is 276 g/mol. The van der Waals surface area contributed by atoms with Gasteiger partial charge in [0.2, 0.25) is 0 Å². The first-order valence-corrected chi connectivity index (χ1v) is 6.67. The number of aromatic nitrogens is 3. The molecule has 0 aliphatic heterocycles. The van der Waals surface area contributed by atoms with Gasteiger partial charge in [0.1, 0.15) is 5.52 Å². The van der Waals surface area contributed by atoms with Crippen LogP contribution in [0.1, 0.15) is 37.7 Å². The van der Waals surface area contributed by atoms with E-state index in [0.717, 1.165) is 24.0 Å². The van der Waals surface area contributed by atoms with E-state index in [1.165, 1.54) is 0 Å². The van der Waals surface area contributed by atoms with Crippen LogP contribution in [0, 0.1) is 0 Å². The van der Waals surface area contributed by atoms with Crippen LogP contribution >= 0.6 is 0 Å². The molecule has 6 heteroatoms. The predicted octanol–water partition coefficient (Wildman–Crippen LogP) is 1.74. The molecular formula is C14H20N4O2. The SMILES string of the molecule is CCOC(=O)c1cc2c(cn1)ncn2CCC(C)(C)N. The molecule has 6 nitrogen and oxygen atoms in total. The molecule has 2 N–H and O–H groups in total. The van der Waals surface area contributed by atoms with E-state index in [0.29, 0.717) is 12.3 Å². The summed E-state index contributed by atoms with van der Waals surface area (Å²) in [6.45, 7) is 6.81.